The Morgan fingerprint density at radius 3 is 2.83 bits per heavy atom. The smallest absolute Gasteiger partial charge is 0.228 e. The minimum atomic E-state index is 0.0740. The molecule has 0 atom stereocenters. The Hall–Kier alpha value is -2.89. The summed E-state index contributed by atoms with van der Waals surface area (Å²) in [6.45, 7) is 2.85. The summed E-state index contributed by atoms with van der Waals surface area (Å²) in [6.07, 6.45) is 12.9. The highest BCUT2D eigenvalue weighted by Gasteiger charge is 2.29. The van der Waals surface area contributed by atoms with Crippen LogP contribution in [-0.4, -0.2) is 20.3 Å². The average Bonchev–Trinajstić information content (AvgIpc) is 3.63. The van der Waals surface area contributed by atoms with Crippen LogP contribution in [0.2, 0.25) is 0 Å². The molecule has 2 fully saturated rings. The minimum absolute atomic E-state index is 0.0740. The number of hydrogen-bond acceptors (Lipinski definition) is 4. The van der Waals surface area contributed by atoms with Gasteiger partial charge in [-0.05, 0) is 55.2 Å². The van der Waals surface area contributed by atoms with Gasteiger partial charge in [-0.3, -0.25) is 4.79 Å². The molecular formula is C23H27N5O. The lowest BCUT2D eigenvalue weighted by Gasteiger charge is -2.07. The highest BCUT2D eigenvalue weighted by Crippen LogP contribution is 2.40. The molecule has 2 aliphatic carbocycles. The fourth-order valence-electron chi connectivity index (χ4n) is 3.80. The van der Waals surface area contributed by atoms with Gasteiger partial charge in [0, 0.05) is 36.3 Å². The third kappa shape index (κ3) is 4.11. The zero-order chi connectivity index (χ0) is 19.8. The van der Waals surface area contributed by atoms with Gasteiger partial charge in [-0.1, -0.05) is 19.4 Å². The minimum Gasteiger partial charge on any atom is -0.379 e. The Morgan fingerprint density at radius 2 is 2.07 bits per heavy atom. The first-order chi connectivity index (χ1) is 14.2. The summed E-state index contributed by atoms with van der Waals surface area (Å²) >= 11 is 0. The molecule has 1 amide bonds. The maximum atomic E-state index is 11.9. The van der Waals surface area contributed by atoms with Crippen molar-refractivity contribution in [3.63, 3.8) is 0 Å². The Labute approximate surface area is 170 Å². The number of fused-ring (bicyclic) bond motifs is 1. The lowest BCUT2D eigenvalue weighted by molar-refractivity contribution is -0.117. The van der Waals surface area contributed by atoms with Crippen LogP contribution in [0.4, 0.5) is 11.5 Å². The van der Waals surface area contributed by atoms with Gasteiger partial charge in [-0.25, -0.2) is 9.97 Å². The molecule has 0 aromatic carbocycles. The lowest BCUT2D eigenvalue weighted by atomic mass is 10.1. The number of pyridine rings is 2. The molecule has 2 saturated carbocycles. The summed E-state index contributed by atoms with van der Waals surface area (Å²) < 4.78 is 2.20. The predicted molar refractivity (Wildman–Crippen MR) is 114 cm³/mol. The second-order valence-corrected chi connectivity index (χ2v) is 8.33. The fraction of sp³-hybridized carbons (Fsp3) is 0.435. The normalized spacial score (nSPS) is 16.2. The summed E-state index contributed by atoms with van der Waals surface area (Å²) in [5.74, 6) is 1.58. The van der Waals surface area contributed by atoms with Crippen LogP contribution in [0.1, 0.15) is 61.8 Å². The van der Waals surface area contributed by atoms with Gasteiger partial charge in [0.25, 0.3) is 0 Å². The second-order valence-electron chi connectivity index (χ2n) is 8.33. The van der Waals surface area contributed by atoms with Gasteiger partial charge in [0.1, 0.15) is 11.5 Å². The number of anilines is 2. The first-order valence-electron chi connectivity index (χ1n) is 10.7. The van der Waals surface area contributed by atoms with E-state index in [0.29, 0.717) is 12.4 Å². The van der Waals surface area contributed by atoms with Crippen molar-refractivity contribution in [3.05, 3.63) is 53.6 Å². The van der Waals surface area contributed by atoms with Gasteiger partial charge < -0.3 is 15.0 Å². The van der Waals surface area contributed by atoms with Gasteiger partial charge >= 0.3 is 0 Å². The molecule has 3 aromatic heterocycles. The van der Waals surface area contributed by atoms with E-state index in [4.69, 9.17) is 4.98 Å². The van der Waals surface area contributed by atoms with E-state index in [1.807, 2.05) is 12.1 Å². The topological polar surface area (TPSA) is 71.3 Å². The summed E-state index contributed by atoms with van der Waals surface area (Å²) in [5.41, 5.74) is 5.80. The van der Waals surface area contributed by atoms with Gasteiger partial charge in [0.2, 0.25) is 5.91 Å². The lowest BCUT2D eigenvalue weighted by Crippen LogP contribution is -2.14. The largest absolute Gasteiger partial charge is 0.379 e. The molecule has 3 heterocycles. The summed E-state index contributed by atoms with van der Waals surface area (Å²) in [5, 5.41) is 6.31. The number of aryl methyl sites for hydroxylation is 1. The third-order valence-corrected chi connectivity index (χ3v) is 5.70. The summed E-state index contributed by atoms with van der Waals surface area (Å²) in [6, 6.07) is 6.15. The van der Waals surface area contributed by atoms with Crippen LogP contribution < -0.4 is 10.6 Å². The third-order valence-electron chi connectivity index (χ3n) is 5.70. The zero-order valence-electron chi connectivity index (χ0n) is 16.8. The molecule has 29 heavy (non-hydrogen) atoms. The molecule has 0 unspecified atom stereocenters. The van der Waals surface area contributed by atoms with Crippen molar-refractivity contribution < 1.29 is 4.79 Å². The molecule has 0 spiro atoms. The molecule has 2 aliphatic rings. The number of aromatic nitrogens is 3. The molecule has 0 saturated heterocycles. The van der Waals surface area contributed by atoms with Crippen LogP contribution in [0.3, 0.4) is 0 Å². The Morgan fingerprint density at radius 1 is 1.21 bits per heavy atom. The monoisotopic (exact) mass is 389 g/mol. The number of rotatable bonds is 8. The van der Waals surface area contributed by atoms with E-state index >= 15 is 0 Å². The van der Waals surface area contributed by atoms with Gasteiger partial charge in [0.15, 0.2) is 0 Å². The maximum Gasteiger partial charge on any atom is 0.228 e. The van der Waals surface area contributed by atoms with Crippen LogP contribution in [-0.2, 0) is 17.8 Å². The fourth-order valence-corrected chi connectivity index (χ4v) is 3.80. The van der Waals surface area contributed by atoms with E-state index in [0.717, 1.165) is 48.6 Å². The molecule has 3 aromatic rings. The van der Waals surface area contributed by atoms with Crippen molar-refractivity contribution in [2.45, 2.75) is 57.9 Å². The van der Waals surface area contributed by atoms with Crippen LogP contribution in [0.5, 0.6) is 0 Å². The number of carbonyl (C=O) groups excluding carboxylic acids is 1. The first kappa shape index (κ1) is 18.2. The number of nitrogens with zero attached hydrogens (tertiary/aromatic N) is 3. The van der Waals surface area contributed by atoms with Crippen LogP contribution in [0.25, 0.3) is 5.65 Å². The van der Waals surface area contributed by atoms with E-state index in [9.17, 15) is 4.79 Å². The molecule has 6 heteroatoms. The van der Waals surface area contributed by atoms with Crippen molar-refractivity contribution in [3.8, 4) is 0 Å². The molecule has 0 aliphatic heterocycles. The highest BCUT2D eigenvalue weighted by atomic mass is 16.2. The van der Waals surface area contributed by atoms with Gasteiger partial charge in [-0.2, -0.15) is 0 Å². The zero-order valence-corrected chi connectivity index (χ0v) is 16.8. The highest BCUT2D eigenvalue weighted by molar-refractivity contribution is 5.93. The van der Waals surface area contributed by atoms with Crippen molar-refractivity contribution in [1.29, 1.82) is 0 Å². The summed E-state index contributed by atoms with van der Waals surface area (Å²) in [4.78, 5) is 21.1. The van der Waals surface area contributed by atoms with E-state index in [1.54, 1.807) is 6.20 Å². The predicted octanol–water partition coefficient (Wildman–Crippen LogP) is 4.52. The van der Waals surface area contributed by atoms with Crippen molar-refractivity contribution >= 4 is 23.1 Å². The molecular weight excluding hydrogens is 362 g/mol. The molecule has 6 nitrogen and oxygen atoms in total. The van der Waals surface area contributed by atoms with Crippen molar-refractivity contribution in [2.75, 3.05) is 10.6 Å². The standard InChI is InChI=1S/C23H27N5O/c1-2-3-17-10-18(15-4-5-15)13-28-14-20(26-22(17)28)12-25-19-8-9-24-21(11-19)27-23(29)16-6-7-16/h8-11,13-16H,2-7,12H2,1H3,(H2,24,25,27,29). The quantitative estimate of drug-likeness (QED) is 0.594. The Balaban J connectivity index is 1.31. The molecule has 0 bridgehead atoms. The number of imidazole rings is 1. The molecule has 0 radical (unpaired) electrons. The molecule has 5 rings (SSSR count). The molecule has 2 N–H and O–H groups in total. The van der Waals surface area contributed by atoms with Gasteiger partial charge in [-0.15, -0.1) is 0 Å². The summed E-state index contributed by atoms with van der Waals surface area (Å²) in [7, 11) is 0. The van der Waals surface area contributed by atoms with E-state index in [1.165, 1.54) is 24.0 Å². The van der Waals surface area contributed by atoms with E-state index in [2.05, 4.69) is 45.4 Å². The van der Waals surface area contributed by atoms with Crippen LogP contribution >= 0.6 is 0 Å². The second kappa shape index (κ2) is 7.50. The maximum absolute atomic E-state index is 11.9. The van der Waals surface area contributed by atoms with Crippen LogP contribution in [0, 0.1) is 5.92 Å². The van der Waals surface area contributed by atoms with Crippen molar-refractivity contribution in [2.24, 2.45) is 5.92 Å². The molecule has 150 valence electrons. The van der Waals surface area contributed by atoms with Gasteiger partial charge in [0.05, 0.1) is 12.2 Å². The first-order valence-corrected chi connectivity index (χ1v) is 10.7. The number of hydrogen-bond donors (Lipinski definition) is 2. The SMILES string of the molecule is CCCc1cc(C2CC2)cn2cc(CNc3ccnc(NC(=O)C4CC4)c3)nc12. The number of amides is 1. The van der Waals surface area contributed by atoms with E-state index < -0.39 is 0 Å². The van der Waals surface area contributed by atoms with Crippen molar-refractivity contribution in [1.82, 2.24) is 14.4 Å². The van der Waals surface area contributed by atoms with E-state index in [-0.39, 0.29) is 11.8 Å². The van der Waals surface area contributed by atoms with Crippen LogP contribution in [0.15, 0.2) is 36.8 Å². The average molecular weight is 390 g/mol. The number of nitrogens with one attached hydrogen (secondary N) is 2. The Kier molecular flexibility index (Phi) is 4.70. The Bertz CT molecular complexity index is 1050. The number of carbonyl (C=O) groups is 1.